The topological polar surface area (TPSA) is 30.7 Å². The maximum atomic E-state index is 4.69. The highest BCUT2D eigenvalue weighted by molar-refractivity contribution is 5.80. The first-order valence-electron chi connectivity index (χ1n) is 5.86. The lowest BCUT2D eigenvalue weighted by Crippen LogP contribution is -1.98. The SMILES string of the molecule is C=CCn1c(-c2ccncc2)nc2ccccc21. The monoisotopic (exact) mass is 235 g/mol. The van der Waals surface area contributed by atoms with Gasteiger partial charge in [-0.2, -0.15) is 0 Å². The second kappa shape index (κ2) is 4.45. The lowest BCUT2D eigenvalue weighted by molar-refractivity contribution is 0.861. The Morgan fingerprint density at radius 2 is 1.89 bits per heavy atom. The van der Waals surface area contributed by atoms with Crippen LogP contribution in [0.3, 0.4) is 0 Å². The number of hydrogen-bond acceptors (Lipinski definition) is 2. The number of pyridine rings is 1. The van der Waals surface area contributed by atoms with Gasteiger partial charge in [-0.25, -0.2) is 4.98 Å². The molecule has 18 heavy (non-hydrogen) atoms. The number of allylic oxidation sites excluding steroid dienone is 1. The van der Waals surface area contributed by atoms with E-state index in [1.165, 1.54) is 0 Å². The van der Waals surface area contributed by atoms with Crippen LogP contribution in [0.25, 0.3) is 22.4 Å². The van der Waals surface area contributed by atoms with Crippen LogP contribution >= 0.6 is 0 Å². The zero-order chi connectivity index (χ0) is 12.4. The van der Waals surface area contributed by atoms with E-state index in [-0.39, 0.29) is 0 Å². The van der Waals surface area contributed by atoms with Crippen molar-refractivity contribution in [2.45, 2.75) is 6.54 Å². The Balaban J connectivity index is 2.28. The summed E-state index contributed by atoms with van der Waals surface area (Å²) in [4.78, 5) is 8.73. The predicted octanol–water partition coefficient (Wildman–Crippen LogP) is 3.28. The molecule has 2 heterocycles. The summed E-state index contributed by atoms with van der Waals surface area (Å²) in [6.45, 7) is 4.56. The summed E-state index contributed by atoms with van der Waals surface area (Å²) in [6.07, 6.45) is 5.46. The molecular formula is C15H13N3. The van der Waals surface area contributed by atoms with Crippen molar-refractivity contribution in [3.05, 3.63) is 61.4 Å². The molecule has 2 aromatic heterocycles. The van der Waals surface area contributed by atoms with Crippen LogP contribution in [0.2, 0.25) is 0 Å². The van der Waals surface area contributed by atoms with Crippen molar-refractivity contribution in [2.75, 3.05) is 0 Å². The smallest absolute Gasteiger partial charge is 0.141 e. The highest BCUT2D eigenvalue weighted by Crippen LogP contribution is 2.24. The molecule has 0 saturated carbocycles. The number of fused-ring (bicyclic) bond motifs is 1. The Morgan fingerprint density at radius 1 is 1.11 bits per heavy atom. The van der Waals surface area contributed by atoms with Gasteiger partial charge in [0.25, 0.3) is 0 Å². The van der Waals surface area contributed by atoms with Crippen LogP contribution in [0.1, 0.15) is 0 Å². The Morgan fingerprint density at radius 3 is 2.67 bits per heavy atom. The van der Waals surface area contributed by atoms with Crippen LogP contribution in [-0.2, 0) is 6.54 Å². The van der Waals surface area contributed by atoms with Gasteiger partial charge in [0.1, 0.15) is 5.82 Å². The van der Waals surface area contributed by atoms with Gasteiger partial charge in [-0.3, -0.25) is 4.98 Å². The molecule has 0 spiro atoms. The minimum absolute atomic E-state index is 0.748. The highest BCUT2D eigenvalue weighted by atomic mass is 15.1. The van der Waals surface area contributed by atoms with Crippen molar-refractivity contribution in [3.8, 4) is 11.4 Å². The molecule has 0 saturated heterocycles. The molecule has 0 aliphatic rings. The fourth-order valence-electron chi connectivity index (χ4n) is 2.11. The minimum Gasteiger partial charge on any atom is -0.320 e. The van der Waals surface area contributed by atoms with Crippen LogP contribution in [0.5, 0.6) is 0 Å². The summed E-state index contributed by atoms with van der Waals surface area (Å²) >= 11 is 0. The standard InChI is InChI=1S/C15H13N3/c1-2-11-18-14-6-4-3-5-13(14)17-15(18)12-7-9-16-10-8-12/h2-10H,1,11H2. The third-order valence-electron chi connectivity index (χ3n) is 2.90. The lowest BCUT2D eigenvalue weighted by atomic mass is 10.2. The van der Waals surface area contributed by atoms with Crippen molar-refractivity contribution >= 4 is 11.0 Å². The average molecular weight is 235 g/mol. The van der Waals surface area contributed by atoms with Gasteiger partial charge >= 0.3 is 0 Å². The van der Waals surface area contributed by atoms with Crippen molar-refractivity contribution in [3.63, 3.8) is 0 Å². The predicted molar refractivity (Wildman–Crippen MR) is 73.2 cm³/mol. The summed E-state index contributed by atoms with van der Waals surface area (Å²) < 4.78 is 2.16. The fraction of sp³-hybridized carbons (Fsp3) is 0.0667. The van der Waals surface area contributed by atoms with Gasteiger partial charge in [-0.15, -0.1) is 6.58 Å². The van der Waals surface area contributed by atoms with Gasteiger partial charge in [-0.05, 0) is 24.3 Å². The Hall–Kier alpha value is -2.42. The summed E-state index contributed by atoms with van der Waals surface area (Å²) in [5.74, 6) is 0.957. The maximum Gasteiger partial charge on any atom is 0.141 e. The van der Waals surface area contributed by atoms with Crippen LogP contribution in [0.15, 0.2) is 61.4 Å². The number of nitrogens with zero attached hydrogens (tertiary/aromatic N) is 3. The molecule has 3 rings (SSSR count). The molecule has 88 valence electrons. The van der Waals surface area contributed by atoms with E-state index in [9.17, 15) is 0 Å². The highest BCUT2D eigenvalue weighted by Gasteiger charge is 2.10. The Bertz CT molecular complexity index is 683. The van der Waals surface area contributed by atoms with E-state index in [0.29, 0.717) is 0 Å². The molecule has 3 heteroatoms. The molecule has 3 aromatic rings. The zero-order valence-electron chi connectivity index (χ0n) is 9.95. The first-order chi connectivity index (χ1) is 8.90. The number of aromatic nitrogens is 3. The molecule has 0 aliphatic carbocycles. The summed E-state index contributed by atoms with van der Waals surface area (Å²) in [5.41, 5.74) is 3.21. The van der Waals surface area contributed by atoms with Crippen molar-refractivity contribution < 1.29 is 0 Å². The van der Waals surface area contributed by atoms with E-state index in [2.05, 4.69) is 27.2 Å². The molecule has 1 aromatic carbocycles. The number of benzene rings is 1. The molecule has 0 amide bonds. The second-order valence-electron chi connectivity index (χ2n) is 4.06. The molecule has 0 N–H and O–H groups in total. The molecule has 0 atom stereocenters. The molecule has 3 nitrogen and oxygen atoms in total. The average Bonchev–Trinajstić information content (AvgIpc) is 2.80. The number of hydrogen-bond donors (Lipinski definition) is 0. The third-order valence-corrected chi connectivity index (χ3v) is 2.90. The Labute approximate surface area is 105 Å². The van der Waals surface area contributed by atoms with Crippen molar-refractivity contribution in [2.24, 2.45) is 0 Å². The van der Waals surface area contributed by atoms with E-state index in [1.807, 2.05) is 36.4 Å². The summed E-state index contributed by atoms with van der Waals surface area (Å²) in [6, 6.07) is 12.1. The first-order valence-corrected chi connectivity index (χ1v) is 5.86. The molecule has 0 aliphatic heterocycles. The Kier molecular flexibility index (Phi) is 2.65. The van der Waals surface area contributed by atoms with Gasteiger partial charge < -0.3 is 4.57 Å². The minimum atomic E-state index is 0.748. The number of rotatable bonds is 3. The first kappa shape index (κ1) is 10.7. The van der Waals surface area contributed by atoms with Gasteiger partial charge in [0.15, 0.2) is 0 Å². The molecule has 0 unspecified atom stereocenters. The normalized spacial score (nSPS) is 10.7. The quantitative estimate of drug-likeness (QED) is 0.652. The van der Waals surface area contributed by atoms with Gasteiger partial charge in [0, 0.05) is 24.5 Å². The van der Waals surface area contributed by atoms with Crippen LogP contribution in [0, 0.1) is 0 Å². The van der Waals surface area contributed by atoms with E-state index >= 15 is 0 Å². The third kappa shape index (κ3) is 1.70. The van der Waals surface area contributed by atoms with E-state index in [1.54, 1.807) is 12.4 Å². The van der Waals surface area contributed by atoms with Crippen LogP contribution in [-0.4, -0.2) is 14.5 Å². The fourth-order valence-corrected chi connectivity index (χ4v) is 2.11. The van der Waals surface area contributed by atoms with Crippen LogP contribution < -0.4 is 0 Å². The summed E-state index contributed by atoms with van der Waals surface area (Å²) in [7, 11) is 0. The van der Waals surface area contributed by atoms with E-state index in [4.69, 9.17) is 0 Å². The lowest BCUT2D eigenvalue weighted by Gasteiger charge is -2.05. The van der Waals surface area contributed by atoms with Gasteiger partial charge in [-0.1, -0.05) is 18.2 Å². The van der Waals surface area contributed by atoms with Crippen molar-refractivity contribution in [1.29, 1.82) is 0 Å². The van der Waals surface area contributed by atoms with Crippen molar-refractivity contribution in [1.82, 2.24) is 14.5 Å². The second-order valence-corrected chi connectivity index (χ2v) is 4.06. The van der Waals surface area contributed by atoms with Gasteiger partial charge in [0.05, 0.1) is 11.0 Å². The van der Waals surface area contributed by atoms with E-state index < -0.39 is 0 Å². The summed E-state index contributed by atoms with van der Waals surface area (Å²) in [5, 5.41) is 0. The van der Waals surface area contributed by atoms with Gasteiger partial charge in [0.2, 0.25) is 0 Å². The zero-order valence-corrected chi connectivity index (χ0v) is 9.95. The molecule has 0 radical (unpaired) electrons. The maximum absolute atomic E-state index is 4.69. The van der Waals surface area contributed by atoms with E-state index in [0.717, 1.165) is 29.0 Å². The number of para-hydroxylation sites is 2. The number of imidazole rings is 1. The largest absolute Gasteiger partial charge is 0.320 e. The molecular weight excluding hydrogens is 222 g/mol. The van der Waals surface area contributed by atoms with Crippen LogP contribution in [0.4, 0.5) is 0 Å². The molecule has 0 bridgehead atoms. The molecule has 0 fully saturated rings.